The molecule has 0 aliphatic heterocycles. The summed E-state index contributed by atoms with van der Waals surface area (Å²) in [6.45, 7) is 6.26. The number of carbonyl (C=O) groups is 3. The van der Waals surface area contributed by atoms with E-state index in [-0.39, 0.29) is 31.1 Å². The molecule has 0 aromatic heterocycles. The Morgan fingerprint density at radius 3 is 0.687 bits per heavy atom. The fourth-order valence-corrected chi connectivity index (χ4v) is 9.04. The lowest BCUT2D eigenvalue weighted by atomic mass is 10.0. The molecule has 0 heterocycles. The molecular weight excluding hydrogens is 1020 g/mol. The molecule has 6 heteroatoms. The second-order valence-corrected chi connectivity index (χ2v) is 21.9. The standard InChI is InChI=1S/C77H124O6/c1-4-7-10-13-16-19-22-25-27-29-31-33-34-35-36-37-38-39-40-41-42-44-45-47-49-52-55-58-61-64-67-70-76(79)82-73-74(72-81-75(78)69-66-63-60-57-54-51-24-21-18-15-12-9-6-3)83-77(80)71-68-65-62-59-56-53-50-48-46-43-32-30-28-26-23-20-17-14-11-8-5-2/h7-12,16-21,25-28,31-33,35-36,43,48,50-51,54,74H,4-6,13-15,22-24,29-30,34,37-42,44-47,49,52-53,55-73H2,1-3H3/b10-7-,11-8-,12-9-,19-16-,20-17-,21-18-,27-25-,28-26-,33-31-,36-35-,43-32-,50-48-,54-51-. The van der Waals surface area contributed by atoms with E-state index in [1.54, 1.807) is 0 Å². The lowest BCUT2D eigenvalue weighted by Gasteiger charge is -2.18. The van der Waals surface area contributed by atoms with Crippen molar-refractivity contribution in [2.75, 3.05) is 13.2 Å². The van der Waals surface area contributed by atoms with Crippen molar-refractivity contribution < 1.29 is 28.6 Å². The summed E-state index contributed by atoms with van der Waals surface area (Å²) >= 11 is 0. The number of esters is 3. The summed E-state index contributed by atoms with van der Waals surface area (Å²) in [5.74, 6) is -0.949. The van der Waals surface area contributed by atoms with Crippen molar-refractivity contribution in [1.29, 1.82) is 0 Å². The van der Waals surface area contributed by atoms with Gasteiger partial charge < -0.3 is 14.2 Å². The molecule has 0 aromatic carbocycles. The van der Waals surface area contributed by atoms with Crippen LogP contribution in [-0.4, -0.2) is 37.2 Å². The molecule has 0 saturated carbocycles. The first kappa shape index (κ1) is 78.0. The summed E-state index contributed by atoms with van der Waals surface area (Å²) in [5.41, 5.74) is 0. The van der Waals surface area contributed by atoms with E-state index >= 15 is 0 Å². The first-order valence-electron chi connectivity index (χ1n) is 34.0. The lowest BCUT2D eigenvalue weighted by Crippen LogP contribution is -2.30. The Kier molecular flexibility index (Phi) is 65.4. The van der Waals surface area contributed by atoms with Crippen LogP contribution in [0.3, 0.4) is 0 Å². The van der Waals surface area contributed by atoms with Crippen molar-refractivity contribution in [3.63, 3.8) is 0 Å². The van der Waals surface area contributed by atoms with Crippen LogP contribution in [0.2, 0.25) is 0 Å². The monoisotopic (exact) mass is 1140 g/mol. The van der Waals surface area contributed by atoms with Gasteiger partial charge in [0.1, 0.15) is 13.2 Å². The van der Waals surface area contributed by atoms with Crippen molar-refractivity contribution in [2.24, 2.45) is 0 Å². The Hall–Kier alpha value is -4.97. The zero-order valence-corrected chi connectivity index (χ0v) is 53.7. The van der Waals surface area contributed by atoms with Gasteiger partial charge in [0, 0.05) is 19.3 Å². The Labute approximate surface area is 511 Å². The Bertz CT molecular complexity index is 1840. The third-order valence-electron chi connectivity index (χ3n) is 14.0. The Morgan fingerprint density at radius 1 is 0.241 bits per heavy atom. The molecule has 1 unspecified atom stereocenters. The van der Waals surface area contributed by atoms with Crippen LogP contribution in [0.5, 0.6) is 0 Å². The molecule has 83 heavy (non-hydrogen) atoms. The first-order chi connectivity index (χ1) is 41.0. The van der Waals surface area contributed by atoms with Crippen LogP contribution >= 0.6 is 0 Å². The smallest absolute Gasteiger partial charge is 0.306 e. The maximum Gasteiger partial charge on any atom is 0.306 e. The normalized spacial score (nSPS) is 13.1. The summed E-state index contributed by atoms with van der Waals surface area (Å²) in [6.07, 6.45) is 101. The molecule has 0 rings (SSSR count). The number of hydrogen-bond donors (Lipinski definition) is 0. The minimum Gasteiger partial charge on any atom is -0.462 e. The maximum absolute atomic E-state index is 12.9. The molecule has 0 amide bonds. The highest BCUT2D eigenvalue weighted by atomic mass is 16.6. The predicted molar refractivity (Wildman–Crippen MR) is 362 cm³/mol. The fourth-order valence-electron chi connectivity index (χ4n) is 9.04. The van der Waals surface area contributed by atoms with Gasteiger partial charge in [0.15, 0.2) is 6.10 Å². The summed E-state index contributed by atoms with van der Waals surface area (Å²) in [4.78, 5) is 38.4. The van der Waals surface area contributed by atoms with E-state index in [1.165, 1.54) is 83.5 Å². The molecule has 0 bridgehead atoms. The van der Waals surface area contributed by atoms with Gasteiger partial charge in [0.05, 0.1) is 0 Å². The molecule has 6 nitrogen and oxygen atoms in total. The van der Waals surface area contributed by atoms with E-state index in [1.807, 2.05) is 0 Å². The van der Waals surface area contributed by atoms with Crippen LogP contribution in [0.15, 0.2) is 158 Å². The number of ether oxygens (including phenoxy) is 3. The largest absolute Gasteiger partial charge is 0.462 e. The van der Waals surface area contributed by atoms with Crippen molar-refractivity contribution in [3.8, 4) is 0 Å². The summed E-state index contributed by atoms with van der Waals surface area (Å²) in [6, 6.07) is 0. The Balaban J connectivity index is 4.31. The number of unbranched alkanes of at least 4 members (excludes halogenated alkanes) is 23. The van der Waals surface area contributed by atoms with Gasteiger partial charge in [-0.15, -0.1) is 0 Å². The predicted octanol–water partition coefficient (Wildman–Crippen LogP) is 23.7. The molecule has 1 atom stereocenters. The highest BCUT2D eigenvalue weighted by molar-refractivity contribution is 5.71. The third-order valence-corrected chi connectivity index (χ3v) is 14.0. The molecule has 0 spiro atoms. The van der Waals surface area contributed by atoms with Crippen LogP contribution in [-0.2, 0) is 28.6 Å². The topological polar surface area (TPSA) is 78.9 Å². The van der Waals surface area contributed by atoms with Crippen molar-refractivity contribution in [1.82, 2.24) is 0 Å². The molecule has 0 radical (unpaired) electrons. The van der Waals surface area contributed by atoms with Gasteiger partial charge in [-0.3, -0.25) is 14.4 Å². The molecule has 0 N–H and O–H groups in total. The van der Waals surface area contributed by atoms with Gasteiger partial charge in [0.2, 0.25) is 0 Å². The molecule has 0 saturated heterocycles. The van der Waals surface area contributed by atoms with Gasteiger partial charge >= 0.3 is 17.9 Å². The average Bonchev–Trinajstić information content (AvgIpc) is 3.49. The van der Waals surface area contributed by atoms with E-state index in [0.717, 1.165) is 167 Å². The lowest BCUT2D eigenvalue weighted by molar-refractivity contribution is -0.167. The second kappa shape index (κ2) is 69.5. The van der Waals surface area contributed by atoms with Crippen LogP contribution in [0.25, 0.3) is 0 Å². The zero-order chi connectivity index (χ0) is 59.9. The van der Waals surface area contributed by atoms with Crippen LogP contribution in [0.4, 0.5) is 0 Å². The number of rotatable bonds is 60. The average molecular weight is 1150 g/mol. The molecule has 0 fully saturated rings. The van der Waals surface area contributed by atoms with Crippen LogP contribution in [0.1, 0.15) is 290 Å². The van der Waals surface area contributed by atoms with Crippen LogP contribution in [0, 0.1) is 0 Å². The van der Waals surface area contributed by atoms with E-state index in [2.05, 4.69) is 179 Å². The van der Waals surface area contributed by atoms with Crippen LogP contribution < -0.4 is 0 Å². The van der Waals surface area contributed by atoms with Crippen molar-refractivity contribution in [3.05, 3.63) is 158 Å². The number of hydrogen-bond acceptors (Lipinski definition) is 6. The molecule has 0 aromatic rings. The molecular formula is C77H124O6. The van der Waals surface area contributed by atoms with Gasteiger partial charge in [-0.25, -0.2) is 0 Å². The zero-order valence-electron chi connectivity index (χ0n) is 53.7. The first-order valence-corrected chi connectivity index (χ1v) is 34.0. The van der Waals surface area contributed by atoms with Crippen molar-refractivity contribution in [2.45, 2.75) is 297 Å². The van der Waals surface area contributed by atoms with Gasteiger partial charge in [-0.1, -0.05) is 288 Å². The van der Waals surface area contributed by atoms with Crippen molar-refractivity contribution >= 4 is 17.9 Å². The number of carbonyl (C=O) groups excluding carboxylic acids is 3. The third kappa shape index (κ3) is 67.7. The van der Waals surface area contributed by atoms with E-state index in [0.29, 0.717) is 19.3 Å². The van der Waals surface area contributed by atoms with E-state index < -0.39 is 6.10 Å². The van der Waals surface area contributed by atoms with Gasteiger partial charge in [-0.2, -0.15) is 0 Å². The second-order valence-electron chi connectivity index (χ2n) is 21.9. The van der Waals surface area contributed by atoms with Gasteiger partial charge in [0.25, 0.3) is 0 Å². The highest BCUT2D eigenvalue weighted by Gasteiger charge is 2.19. The minimum absolute atomic E-state index is 0.100. The summed E-state index contributed by atoms with van der Waals surface area (Å²) in [5, 5.41) is 0. The highest BCUT2D eigenvalue weighted by Crippen LogP contribution is 2.16. The van der Waals surface area contributed by atoms with E-state index in [4.69, 9.17) is 14.2 Å². The number of allylic oxidation sites excluding steroid dienone is 26. The Morgan fingerprint density at radius 2 is 0.434 bits per heavy atom. The van der Waals surface area contributed by atoms with E-state index in [9.17, 15) is 14.4 Å². The molecule has 0 aliphatic carbocycles. The van der Waals surface area contributed by atoms with Gasteiger partial charge in [-0.05, 0) is 141 Å². The quantitative estimate of drug-likeness (QED) is 0.0261. The minimum atomic E-state index is -0.808. The SMILES string of the molecule is CC/C=C\C/C=C\C/C=C\C/C=C\C/C=C\CCCCCCCCCCCCCCCCCC(=O)OCC(COC(=O)CCCCC/C=C\C/C=C\C/C=C\CC)OC(=O)CCCCCCC/C=C\C/C=C\C/C=C\C/C=C\C/C=C\CC. The fraction of sp³-hybridized carbons (Fsp3) is 0.623. The maximum atomic E-state index is 12.9. The summed E-state index contributed by atoms with van der Waals surface area (Å²) in [7, 11) is 0. The molecule has 468 valence electrons. The molecule has 0 aliphatic rings. The summed E-state index contributed by atoms with van der Waals surface area (Å²) < 4.78 is 16.9.